The standard InChI is InChI=1S/C8H4Cl2F5N/c9-3-1-2(7(16)8(13,14)15)5(11)4(10)6(3)12/h1,7H,16H2/t7-/m1/s1. The Bertz CT molecular complexity index is 418. The molecule has 0 aliphatic carbocycles. The maximum Gasteiger partial charge on any atom is 0.407 e. The second-order valence-electron chi connectivity index (χ2n) is 2.91. The minimum Gasteiger partial charge on any atom is -0.316 e. The molecule has 16 heavy (non-hydrogen) atoms. The Morgan fingerprint density at radius 1 is 1.12 bits per heavy atom. The molecule has 0 radical (unpaired) electrons. The number of halogens is 7. The maximum atomic E-state index is 13.2. The van der Waals surface area contributed by atoms with E-state index in [4.69, 9.17) is 28.9 Å². The fraction of sp³-hybridized carbons (Fsp3) is 0.250. The van der Waals surface area contributed by atoms with Crippen molar-refractivity contribution in [1.82, 2.24) is 0 Å². The molecule has 1 aromatic carbocycles. The summed E-state index contributed by atoms with van der Waals surface area (Å²) in [6.45, 7) is 0. The molecule has 0 unspecified atom stereocenters. The molecule has 1 rings (SSSR count). The Balaban J connectivity index is 3.36. The monoisotopic (exact) mass is 279 g/mol. The Kier molecular flexibility index (Phi) is 3.66. The number of alkyl halides is 3. The van der Waals surface area contributed by atoms with Gasteiger partial charge in [-0.05, 0) is 6.07 Å². The Labute approximate surface area is 96.9 Å². The molecule has 2 N–H and O–H groups in total. The van der Waals surface area contributed by atoms with Gasteiger partial charge in [0.05, 0.1) is 5.02 Å². The van der Waals surface area contributed by atoms with Crippen molar-refractivity contribution >= 4 is 23.2 Å². The normalized spacial score (nSPS) is 14.0. The lowest BCUT2D eigenvalue weighted by atomic mass is 10.1. The second-order valence-corrected chi connectivity index (χ2v) is 3.69. The van der Waals surface area contributed by atoms with E-state index in [9.17, 15) is 22.0 Å². The molecular weight excluding hydrogens is 276 g/mol. The van der Waals surface area contributed by atoms with Gasteiger partial charge in [0, 0.05) is 5.56 Å². The first-order chi connectivity index (χ1) is 7.16. The van der Waals surface area contributed by atoms with Crippen molar-refractivity contribution in [2.45, 2.75) is 12.2 Å². The highest BCUT2D eigenvalue weighted by Gasteiger charge is 2.40. The Morgan fingerprint density at radius 2 is 1.62 bits per heavy atom. The molecular formula is C8H4Cl2F5N. The highest BCUT2D eigenvalue weighted by molar-refractivity contribution is 6.35. The van der Waals surface area contributed by atoms with Crippen LogP contribution in [-0.4, -0.2) is 6.18 Å². The van der Waals surface area contributed by atoms with E-state index < -0.39 is 39.5 Å². The van der Waals surface area contributed by atoms with Crippen LogP contribution in [0.1, 0.15) is 11.6 Å². The fourth-order valence-corrected chi connectivity index (χ4v) is 1.47. The summed E-state index contributed by atoms with van der Waals surface area (Å²) in [5.41, 5.74) is 3.76. The van der Waals surface area contributed by atoms with E-state index in [0.29, 0.717) is 6.07 Å². The lowest BCUT2D eigenvalue weighted by Crippen LogP contribution is -2.29. The van der Waals surface area contributed by atoms with Gasteiger partial charge in [-0.1, -0.05) is 23.2 Å². The first-order valence-electron chi connectivity index (χ1n) is 3.81. The Morgan fingerprint density at radius 3 is 2.06 bits per heavy atom. The van der Waals surface area contributed by atoms with Gasteiger partial charge in [0.25, 0.3) is 0 Å². The highest BCUT2D eigenvalue weighted by atomic mass is 35.5. The van der Waals surface area contributed by atoms with Crippen LogP contribution in [0.3, 0.4) is 0 Å². The van der Waals surface area contributed by atoms with Crippen LogP contribution in [0.5, 0.6) is 0 Å². The predicted octanol–water partition coefficient (Wildman–Crippen LogP) is 3.83. The summed E-state index contributed by atoms with van der Waals surface area (Å²) in [6.07, 6.45) is -4.87. The van der Waals surface area contributed by atoms with Crippen molar-refractivity contribution < 1.29 is 22.0 Å². The van der Waals surface area contributed by atoms with Gasteiger partial charge >= 0.3 is 6.18 Å². The largest absolute Gasteiger partial charge is 0.407 e. The molecule has 1 aromatic rings. The van der Waals surface area contributed by atoms with E-state index in [2.05, 4.69) is 0 Å². The molecule has 0 heterocycles. The minimum absolute atomic E-state index is 0.469. The first kappa shape index (κ1) is 13.5. The summed E-state index contributed by atoms with van der Waals surface area (Å²) in [6, 6.07) is -2.14. The van der Waals surface area contributed by atoms with Crippen LogP contribution in [-0.2, 0) is 0 Å². The molecule has 0 aliphatic heterocycles. The van der Waals surface area contributed by atoms with E-state index in [1.165, 1.54) is 0 Å². The van der Waals surface area contributed by atoms with E-state index in [-0.39, 0.29) is 0 Å². The van der Waals surface area contributed by atoms with Crippen LogP contribution in [0.15, 0.2) is 6.07 Å². The summed E-state index contributed by atoms with van der Waals surface area (Å²) >= 11 is 10.4. The minimum atomic E-state index is -4.87. The average molecular weight is 280 g/mol. The molecule has 0 amide bonds. The van der Waals surface area contributed by atoms with E-state index in [1.807, 2.05) is 0 Å². The van der Waals surface area contributed by atoms with E-state index in [1.54, 1.807) is 0 Å². The quantitative estimate of drug-likeness (QED) is 0.472. The summed E-state index contributed by atoms with van der Waals surface area (Å²) < 4.78 is 62.7. The lowest BCUT2D eigenvalue weighted by Gasteiger charge is -2.17. The number of rotatable bonds is 1. The zero-order valence-corrected chi connectivity index (χ0v) is 8.89. The molecule has 0 spiro atoms. The smallest absolute Gasteiger partial charge is 0.316 e. The zero-order valence-electron chi connectivity index (χ0n) is 7.38. The predicted molar refractivity (Wildman–Crippen MR) is 49.4 cm³/mol. The van der Waals surface area contributed by atoms with Crippen LogP contribution >= 0.6 is 23.2 Å². The van der Waals surface area contributed by atoms with Gasteiger partial charge < -0.3 is 5.73 Å². The maximum absolute atomic E-state index is 13.2. The van der Waals surface area contributed by atoms with Crippen LogP contribution in [0.4, 0.5) is 22.0 Å². The van der Waals surface area contributed by atoms with Crippen molar-refractivity contribution in [2.75, 3.05) is 0 Å². The molecule has 90 valence electrons. The van der Waals surface area contributed by atoms with Gasteiger partial charge in [0.1, 0.15) is 16.9 Å². The molecule has 1 nitrogen and oxygen atoms in total. The number of hydrogen-bond acceptors (Lipinski definition) is 1. The molecule has 0 aromatic heterocycles. The van der Waals surface area contributed by atoms with Gasteiger partial charge in [-0.15, -0.1) is 0 Å². The third kappa shape index (κ3) is 2.39. The third-order valence-electron chi connectivity index (χ3n) is 1.82. The first-order valence-corrected chi connectivity index (χ1v) is 4.57. The molecule has 0 saturated carbocycles. The van der Waals surface area contributed by atoms with Crippen molar-refractivity contribution in [2.24, 2.45) is 5.73 Å². The molecule has 1 atom stereocenters. The van der Waals surface area contributed by atoms with Crippen molar-refractivity contribution in [3.63, 3.8) is 0 Å². The molecule has 0 bridgehead atoms. The summed E-state index contributed by atoms with van der Waals surface area (Å²) in [7, 11) is 0. The van der Waals surface area contributed by atoms with Crippen LogP contribution in [0.25, 0.3) is 0 Å². The van der Waals surface area contributed by atoms with Crippen molar-refractivity contribution in [3.8, 4) is 0 Å². The lowest BCUT2D eigenvalue weighted by molar-refractivity contribution is -0.149. The summed E-state index contributed by atoms with van der Waals surface area (Å²) in [5, 5.41) is -1.83. The summed E-state index contributed by atoms with van der Waals surface area (Å²) in [5.74, 6) is -2.88. The van der Waals surface area contributed by atoms with Crippen LogP contribution in [0, 0.1) is 11.6 Å². The number of benzene rings is 1. The van der Waals surface area contributed by atoms with Gasteiger partial charge in [0.2, 0.25) is 0 Å². The van der Waals surface area contributed by atoms with Crippen molar-refractivity contribution in [1.29, 1.82) is 0 Å². The highest BCUT2D eigenvalue weighted by Crippen LogP contribution is 2.37. The van der Waals surface area contributed by atoms with Gasteiger partial charge in [0.15, 0.2) is 5.82 Å². The van der Waals surface area contributed by atoms with E-state index in [0.717, 1.165) is 0 Å². The molecule has 0 aliphatic rings. The van der Waals surface area contributed by atoms with Gasteiger partial charge in [-0.2, -0.15) is 13.2 Å². The SMILES string of the molecule is N[C@H](c1cc(Cl)c(F)c(Cl)c1F)C(F)(F)F. The zero-order chi connectivity index (χ0) is 12.7. The van der Waals surface area contributed by atoms with Crippen molar-refractivity contribution in [3.05, 3.63) is 33.3 Å². The third-order valence-corrected chi connectivity index (χ3v) is 2.43. The molecule has 8 heteroatoms. The number of nitrogens with two attached hydrogens (primary N) is 1. The summed E-state index contributed by atoms with van der Waals surface area (Å²) in [4.78, 5) is 0. The van der Waals surface area contributed by atoms with E-state index >= 15 is 0 Å². The second kappa shape index (κ2) is 4.35. The van der Waals surface area contributed by atoms with Crippen LogP contribution in [0.2, 0.25) is 10.0 Å². The average Bonchev–Trinajstić information content (AvgIpc) is 2.18. The Hall–Kier alpha value is -0.590. The van der Waals surface area contributed by atoms with Gasteiger partial charge in [-0.3, -0.25) is 0 Å². The molecule has 0 fully saturated rings. The fourth-order valence-electron chi connectivity index (χ4n) is 0.994. The van der Waals surface area contributed by atoms with Crippen LogP contribution < -0.4 is 5.73 Å². The van der Waals surface area contributed by atoms with Gasteiger partial charge in [-0.25, -0.2) is 8.78 Å². The number of hydrogen-bond donors (Lipinski definition) is 1. The topological polar surface area (TPSA) is 26.0 Å². The molecule has 0 saturated heterocycles.